The van der Waals surface area contributed by atoms with Gasteiger partial charge in [-0.15, -0.1) is 0 Å². The largest absolute Gasteiger partial charge is 0.462 e. The predicted octanol–water partition coefficient (Wildman–Crippen LogP) is 1.01. The van der Waals surface area contributed by atoms with Gasteiger partial charge in [-0.2, -0.15) is 0 Å². The Kier molecular flexibility index (Phi) is 5.12. The topological polar surface area (TPSA) is 60.4 Å². The average Bonchev–Trinajstić information content (AvgIpc) is 1.77. The molecule has 0 saturated heterocycles. The SMILES string of the molecule is CC(C)CS(=O)(=O)CC(=O)OC(C)C. The first-order chi connectivity index (χ1) is 6.23. The van der Waals surface area contributed by atoms with Crippen LogP contribution in [0.15, 0.2) is 0 Å². The van der Waals surface area contributed by atoms with Gasteiger partial charge in [0.05, 0.1) is 11.9 Å². The first kappa shape index (κ1) is 13.4. The predicted molar refractivity (Wildman–Crippen MR) is 54.7 cm³/mol. The molecule has 0 rings (SSSR count). The second kappa shape index (κ2) is 5.34. The summed E-state index contributed by atoms with van der Waals surface area (Å²) in [6.45, 7) is 6.97. The molecule has 14 heavy (non-hydrogen) atoms. The van der Waals surface area contributed by atoms with Gasteiger partial charge in [0.15, 0.2) is 9.84 Å². The van der Waals surface area contributed by atoms with E-state index in [1.165, 1.54) is 0 Å². The van der Waals surface area contributed by atoms with Gasteiger partial charge in [-0.1, -0.05) is 13.8 Å². The summed E-state index contributed by atoms with van der Waals surface area (Å²) in [5.41, 5.74) is 0. The van der Waals surface area contributed by atoms with Crippen LogP contribution in [0.25, 0.3) is 0 Å². The standard InChI is InChI=1S/C9H18O4S/c1-7(2)5-14(11,12)6-9(10)13-8(3)4/h7-8H,5-6H2,1-4H3. The van der Waals surface area contributed by atoms with Crippen LogP contribution in [0.2, 0.25) is 0 Å². The first-order valence-corrected chi connectivity index (χ1v) is 6.45. The maximum atomic E-state index is 11.3. The van der Waals surface area contributed by atoms with Gasteiger partial charge in [0.2, 0.25) is 0 Å². The van der Waals surface area contributed by atoms with Crippen molar-refractivity contribution < 1.29 is 17.9 Å². The van der Waals surface area contributed by atoms with E-state index < -0.39 is 21.6 Å². The van der Waals surface area contributed by atoms with E-state index in [1.807, 2.05) is 0 Å². The highest BCUT2D eigenvalue weighted by Gasteiger charge is 2.19. The Morgan fingerprint density at radius 2 is 1.71 bits per heavy atom. The van der Waals surface area contributed by atoms with Gasteiger partial charge in [0, 0.05) is 0 Å². The molecule has 0 spiro atoms. The fraction of sp³-hybridized carbons (Fsp3) is 0.889. The van der Waals surface area contributed by atoms with Crippen LogP contribution in [0.3, 0.4) is 0 Å². The molecule has 84 valence electrons. The molecule has 0 aliphatic rings. The Balaban J connectivity index is 4.17. The Morgan fingerprint density at radius 1 is 1.21 bits per heavy atom. The van der Waals surface area contributed by atoms with E-state index >= 15 is 0 Å². The lowest BCUT2D eigenvalue weighted by Crippen LogP contribution is -2.24. The Bertz CT molecular complexity index is 277. The number of esters is 1. The minimum Gasteiger partial charge on any atom is -0.462 e. The number of carbonyl (C=O) groups is 1. The number of rotatable bonds is 5. The second-order valence-electron chi connectivity index (χ2n) is 3.99. The molecular weight excluding hydrogens is 204 g/mol. The maximum Gasteiger partial charge on any atom is 0.321 e. The highest BCUT2D eigenvalue weighted by atomic mass is 32.2. The normalized spacial score (nSPS) is 12.1. The molecule has 0 saturated carbocycles. The molecule has 0 N–H and O–H groups in total. The molecule has 5 heteroatoms. The summed E-state index contributed by atoms with van der Waals surface area (Å²) in [5.74, 6) is -1.11. The van der Waals surface area contributed by atoms with Crippen LogP contribution in [0.5, 0.6) is 0 Å². The molecule has 0 atom stereocenters. The molecule has 0 aliphatic heterocycles. The van der Waals surface area contributed by atoms with Crippen LogP contribution in [-0.4, -0.2) is 32.0 Å². The number of carbonyl (C=O) groups excluding carboxylic acids is 1. The van der Waals surface area contributed by atoms with Gasteiger partial charge in [-0.25, -0.2) is 8.42 Å². The average molecular weight is 222 g/mol. The van der Waals surface area contributed by atoms with Crippen molar-refractivity contribution in [3.8, 4) is 0 Å². The van der Waals surface area contributed by atoms with E-state index in [2.05, 4.69) is 0 Å². The third-order valence-electron chi connectivity index (χ3n) is 1.29. The fourth-order valence-corrected chi connectivity index (χ4v) is 2.60. The van der Waals surface area contributed by atoms with Gasteiger partial charge < -0.3 is 4.74 Å². The molecule has 0 heterocycles. The molecule has 0 bridgehead atoms. The quantitative estimate of drug-likeness (QED) is 0.651. The number of hydrogen-bond donors (Lipinski definition) is 0. The summed E-state index contributed by atoms with van der Waals surface area (Å²) in [5, 5.41) is 0. The van der Waals surface area contributed by atoms with Crippen LogP contribution < -0.4 is 0 Å². The van der Waals surface area contributed by atoms with E-state index in [4.69, 9.17) is 4.74 Å². The summed E-state index contributed by atoms with van der Waals surface area (Å²) in [6.07, 6.45) is -0.267. The Hall–Kier alpha value is -0.580. The van der Waals surface area contributed by atoms with Crippen molar-refractivity contribution >= 4 is 15.8 Å². The molecule has 0 aromatic carbocycles. The third-order valence-corrected chi connectivity index (χ3v) is 3.14. The monoisotopic (exact) mass is 222 g/mol. The molecule has 0 unspecified atom stereocenters. The van der Waals surface area contributed by atoms with Gasteiger partial charge in [-0.3, -0.25) is 4.79 Å². The number of ether oxygens (including phenoxy) is 1. The lowest BCUT2D eigenvalue weighted by molar-refractivity contribution is -0.144. The van der Waals surface area contributed by atoms with E-state index in [0.29, 0.717) is 0 Å². The molecule has 0 fully saturated rings. The lowest BCUT2D eigenvalue weighted by Gasteiger charge is -2.09. The van der Waals surface area contributed by atoms with Crippen molar-refractivity contribution in [1.29, 1.82) is 0 Å². The zero-order valence-corrected chi connectivity index (χ0v) is 9.93. The molecule has 0 radical (unpaired) electrons. The van der Waals surface area contributed by atoms with Gasteiger partial charge in [0.25, 0.3) is 0 Å². The Labute approximate surface area is 85.6 Å². The summed E-state index contributed by atoms with van der Waals surface area (Å²) < 4.78 is 27.4. The van der Waals surface area contributed by atoms with E-state index in [1.54, 1.807) is 27.7 Å². The third kappa shape index (κ3) is 6.88. The minimum absolute atomic E-state index is 0.0280. The van der Waals surface area contributed by atoms with E-state index in [-0.39, 0.29) is 17.8 Å². The summed E-state index contributed by atoms with van der Waals surface area (Å²) >= 11 is 0. The van der Waals surface area contributed by atoms with E-state index in [9.17, 15) is 13.2 Å². The smallest absolute Gasteiger partial charge is 0.321 e. The zero-order chi connectivity index (χ0) is 11.4. The van der Waals surface area contributed by atoms with E-state index in [0.717, 1.165) is 0 Å². The van der Waals surface area contributed by atoms with Gasteiger partial charge >= 0.3 is 5.97 Å². The molecule has 0 aromatic rings. The number of hydrogen-bond acceptors (Lipinski definition) is 4. The van der Waals surface area contributed by atoms with Crippen LogP contribution in [0.4, 0.5) is 0 Å². The highest BCUT2D eigenvalue weighted by Crippen LogP contribution is 2.02. The summed E-state index contributed by atoms with van der Waals surface area (Å²) in [7, 11) is -3.30. The van der Waals surface area contributed by atoms with Crippen molar-refractivity contribution in [2.24, 2.45) is 5.92 Å². The molecular formula is C9H18O4S. The van der Waals surface area contributed by atoms with Gasteiger partial charge in [0.1, 0.15) is 5.75 Å². The van der Waals surface area contributed by atoms with Crippen molar-refractivity contribution in [3.05, 3.63) is 0 Å². The molecule has 0 aliphatic carbocycles. The van der Waals surface area contributed by atoms with Crippen molar-refractivity contribution in [3.63, 3.8) is 0 Å². The van der Waals surface area contributed by atoms with Crippen molar-refractivity contribution in [2.75, 3.05) is 11.5 Å². The zero-order valence-electron chi connectivity index (χ0n) is 9.11. The van der Waals surface area contributed by atoms with Crippen LogP contribution in [-0.2, 0) is 19.4 Å². The van der Waals surface area contributed by atoms with Crippen molar-refractivity contribution in [2.45, 2.75) is 33.8 Å². The highest BCUT2D eigenvalue weighted by molar-refractivity contribution is 7.92. The lowest BCUT2D eigenvalue weighted by atomic mass is 10.3. The van der Waals surface area contributed by atoms with Crippen molar-refractivity contribution in [1.82, 2.24) is 0 Å². The molecule has 0 aromatic heterocycles. The first-order valence-electron chi connectivity index (χ1n) is 4.63. The maximum absolute atomic E-state index is 11.3. The summed E-state index contributed by atoms with van der Waals surface area (Å²) in [6, 6.07) is 0. The fourth-order valence-electron chi connectivity index (χ4n) is 1.04. The second-order valence-corrected chi connectivity index (χ2v) is 6.10. The van der Waals surface area contributed by atoms with Crippen LogP contribution in [0.1, 0.15) is 27.7 Å². The molecule has 0 amide bonds. The summed E-state index contributed by atoms with van der Waals surface area (Å²) in [4.78, 5) is 11.0. The Morgan fingerprint density at radius 3 is 2.07 bits per heavy atom. The van der Waals surface area contributed by atoms with Gasteiger partial charge in [-0.05, 0) is 19.8 Å². The van der Waals surface area contributed by atoms with Crippen LogP contribution in [0, 0.1) is 5.92 Å². The number of sulfone groups is 1. The minimum atomic E-state index is -3.30. The van der Waals surface area contributed by atoms with Crippen LogP contribution >= 0.6 is 0 Å². The molecule has 4 nitrogen and oxygen atoms in total.